The monoisotopic (exact) mass is 247 g/mol. The third-order valence-electron chi connectivity index (χ3n) is 3.60. The number of amides is 1. The first-order valence-electron chi connectivity index (χ1n) is 6.51. The molecule has 1 aliphatic heterocycles. The molecular formula is C14H21N3O. The molecule has 0 unspecified atom stereocenters. The molecule has 18 heavy (non-hydrogen) atoms. The molecule has 98 valence electrons. The van der Waals surface area contributed by atoms with Crippen molar-refractivity contribution in [1.82, 2.24) is 10.3 Å². The predicted octanol–water partition coefficient (Wildman–Crippen LogP) is 1.52. The first-order valence-corrected chi connectivity index (χ1v) is 6.51. The van der Waals surface area contributed by atoms with Gasteiger partial charge in [0.1, 0.15) is 0 Å². The number of benzene rings is 1. The molecule has 2 rings (SSSR count). The van der Waals surface area contributed by atoms with Gasteiger partial charge in [-0.25, -0.2) is 5.84 Å². The van der Waals surface area contributed by atoms with Gasteiger partial charge in [-0.15, -0.1) is 0 Å². The third kappa shape index (κ3) is 3.31. The number of nitrogens with one attached hydrogen (secondary N) is 1. The van der Waals surface area contributed by atoms with Crippen LogP contribution in [0.5, 0.6) is 0 Å². The summed E-state index contributed by atoms with van der Waals surface area (Å²) in [5, 5.41) is 0. The second-order valence-electron chi connectivity index (χ2n) is 5.13. The number of piperidine rings is 1. The van der Waals surface area contributed by atoms with Crippen molar-refractivity contribution < 1.29 is 4.79 Å². The van der Waals surface area contributed by atoms with Crippen molar-refractivity contribution in [2.24, 2.45) is 11.8 Å². The zero-order chi connectivity index (χ0) is 13.0. The maximum absolute atomic E-state index is 11.5. The molecular weight excluding hydrogens is 226 g/mol. The zero-order valence-electron chi connectivity index (χ0n) is 10.9. The minimum Gasteiger partial charge on any atom is -0.299 e. The fourth-order valence-electron chi connectivity index (χ4n) is 2.37. The van der Waals surface area contributed by atoms with Crippen molar-refractivity contribution in [3.63, 3.8) is 0 Å². The van der Waals surface area contributed by atoms with Crippen LogP contribution < -0.4 is 11.3 Å². The molecule has 1 heterocycles. The number of rotatable bonds is 3. The Hall–Kier alpha value is -1.39. The molecule has 4 heteroatoms. The van der Waals surface area contributed by atoms with Crippen LogP contribution in [0.2, 0.25) is 0 Å². The van der Waals surface area contributed by atoms with E-state index in [4.69, 9.17) is 5.84 Å². The van der Waals surface area contributed by atoms with Crippen LogP contribution in [-0.2, 0) is 6.54 Å². The Balaban J connectivity index is 1.99. The van der Waals surface area contributed by atoms with Gasteiger partial charge in [-0.05, 0) is 49.5 Å². The van der Waals surface area contributed by atoms with Gasteiger partial charge in [0.25, 0.3) is 5.91 Å². The van der Waals surface area contributed by atoms with Crippen molar-refractivity contribution >= 4 is 5.91 Å². The van der Waals surface area contributed by atoms with E-state index in [1.807, 2.05) is 12.1 Å². The number of hydrogen-bond donors (Lipinski definition) is 2. The Morgan fingerprint density at radius 2 is 2.17 bits per heavy atom. The summed E-state index contributed by atoms with van der Waals surface area (Å²) in [5.74, 6) is 5.75. The Labute approximate surface area is 108 Å². The smallest absolute Gasteiger partial charge is 0.265 e. The normalized spacial score (nSPS) is 17.7. The summed E-state index contributed by atoms with van der Waals surface area (Å²) in [4.78, 5) is 13.9. The molecule has 1 fully saturated rings. The van der Waals surface area contributed by atoms with Gasteiger partial charge in [0.15, 0.2) is 0 Å². The lowest BCUT2D eigenvalue weighted by atomic mass is 9.98. The van der Waals surface area contributed by atoms with Gasteiger partial charge in [0, 0.05) is 12.1 Å². The topological polar surface area (TPSA) is 58.4 Å². The van der Waals surface area contributed by atoms with Crippen LogP contribution in [0.25, 0.3) is 0 Å². The Morgan fingerprint density at radius 3 is 2.83 bits per heavy atom. The average Bonchev–Trinajstić information content (AvgIpc) is 2.41. The van der Waals surface area contributed by atoms with Crippen LogP contribution in [0.1, 0.15) is 35.7 Å². The minimum absolute atomic E-state index is 0.232. The quantitative estimate of drug-likeness (QED) is 0.484. The van der Waals surface area contributed by atoms with Gasteiger partial charge in [0.2, 0.25) is 0 Å². The first kappa shape index (κ1) is 13.1. The maximum atomic E-state index is 11.5. The van der Waals surface area contributed by atoms with Crippen molar-refractivity contribution in [3.8, 4) is 0 Å². The lowest BCUT2D eigenvalue weighted by Crippen LogP contribution is -2.32. The van der Waals surface area contributed by atoms with E-state index in [9.17, 15) is 4.79 Å². The number of nitrogens with two attached hydrogens (primary N) is 1. The number of hydrazine groups is 1. The van der Waals surface area contributed by atoms with Crippen LogP contribution in [0.15, 0.2) is 24.3 Å². The molecule has 0 bridgehead atoms. The number of likely N-dealkylation sites (tertiary alicyclic amines) is 1. The van der Waals surface area contributed by atoms with E-state index in [1.54, 1.807) is 6.07 Å². The van der Waals surface area contributed by atoms with E-state index in [-0.39, 0.29) is 5.91 Å². The summed E-state index contributed by atoms with van der Waals surface area (Å²) in [7, 11) is 0. The molecule has 1 aliphatic rings. The Morgan fingerprint density at radius 1 is 1.44 bits per heavy atom. The molecule has 0 saturated carbocycles. The number of nitrogen functional groups attached to an aromatic ring is 1. The van der Waals surface area contributed by atoms with Crippen LogP contribution in [0, 0.1) is 5.92 Å². The lowest BCUT2D eigenvalue weighted by Gasteiger charge is -2.30. The van der Waals surface area contributed by atoms with Crippen molar-refractivity contribution in [1.29, 1.82) is 0 Å². The first-order chi connectivity index (χ1) is 8.69. The highest BCUT2D eigenvalue weighted by Crippen LogP contribution is 2.18. The van der Waals surface area contributed by atoms with E-state index < -0.39 is 0 Å². The van der Waals surface area contributed by atoms with Gasteiger partial charge in [-0.3, -0.25) is 15.1 Å². The van der Waals surface area contributed by atoms with Gasteiger partial charge in [-0.2, -0.15) is 0 Å². The van der Waals surface area contributed by atoms with Gasteiger partial charge < -0.3 is 0 Å². The van der Waals surface area contributed by atoms with Crippen molar-refractivity contribution in [3.05, 3.63) is 35.4 Å². The molecule has 0 aromatic heterocycles. The molecule has 1 aromatic rings. The Kier molecular flexibility index (Phi) is 4.33. The highest BCUT2D eigenvalue weighted by molar-refractivity contribution is 5.93. The molecule has 1 saturated heterocycles. The second-order valence-corrected chi connectivity index (χ2v) is 5.13. The SMILES string of the molecule is CC1CCN(Cc2cccc(C(=O)NN)c2)CC1. The maximum Gasteiger partial charge on any atom is 0.265 e. The average molecular weight is 247 g/mol. The molecule has 1 amide bonds. The summed E-state index contributed by atoms with van der Waals surface area (Å²) < 4.78 is 0. The molecule has 0 aliphatic carbocycles. The molecule has 0 radical (unpaired) electrons. The van der Waals surface area contributed by atoms with Crippen molar-refractivity contribution in [2.45, 2.75) is 26.3 Å². The highest BCUT2D eigenvalue weighted by atomic mass is 16.2. The summed E-state index contributed by atoms with van der Waals surface area (Å²) in [6.07, 6.45) is 2.53. The van der Waals surface area contributed by atoms with Crippen LogP contribution in [0.3, 0.4) is 0 Å². The van der Waals surface area contributed by atoms with E-state index in [0.29, 0.717) is 5.56 Å². The standard InChI is InChI=1S/C14H21N3O/c1-11-5-7-17(8-6-11)10-12-3-2-4-13(9-12)14(18)16-15/h2-4,9,11H,5-8,10,15H2,1H3,(H,16,18). The molecule has 0 spiro atoms. The van der Waals surface area contributed by atoms with Crippen LogP contribution in [-0.4, -0.2) is 23.9 Å². The van der Waals surface area contributed by atoms with Gasteiger partial charge in [0.05, 0.1) is 0 Å². The highest BCUT2D eigenvalue weighted by Gasteiger charge is 2.15. The zero-order valence-corrected chi connectivity index (χ0v) is 10.9. The van der Waals surface area contributed by atoms with E-state index in [1.165, 1.54) is 18.4 Å². The van der Waals surface area contributed by atoms with Crippen LogP contribution in [0.4, 0.5) is 0 Å². The number of carbonyl (C=O) groups is 1. The minimum atomic E-state index is -0.232. The molecule has 3 N–H and O–H groups in total. The summed E-state index contributed by atoms with van der Waals surface area (Å²) >= 11 is 0. The van der Waals surface area contributed by atoms with Gasteiger partial charge >= 0.3 is 0 Å². The lowest BCUT2D eigenvalue weighted by molar-refractivity contribution is 0.0953. The van der Waals surface area contributed by atoms with Crippen LogP contribution >= 0.6 is 0 Å². The molecule has 1 aromatic carbocycles. The van der Waals surface area contributed by atoms with E-state index in [2.05, 4.69) is 23.3 Å². The van der Waals surface area contributed by atoms with Crippen molar-refractivity contribution in [2.75, 3.05) is 13.1 Å². The number of carbonyl (C=O) groups excluding carboxylic acids is 1. The third-order valence-corrected chi connectivity index (χ3v) is 3.60. The molecule has 0 atom stereocenters. The number of nitrogens with zero attached hydrogens (tertiary/aromatic N) is 1. The fraction of sp³-hybridized carbons (Fsp3) is 0.500. The summed E-state index contributed by atoms with van der Waals surface area (Å²) in [5.41, 5.74) is 3.96. The second kappa shape index (κ2) is 5.98. The van der Waals surface area contributed by atoms with E-state index in [0.717, 1.165) is 25.6 Å². The number of hydrogen-bond acceptors (Lipinski definition) is 3. The largest absolute Gasteiger partial charge is 0.299 e. The predicted molar refractivity (Wildman–Crippen MR) is 71.8 cm³/mol. The summed E-state index contributed by atoms with van der Waals surface area (Å²) in [6, 6.07) is 7.67. The summed E-state index contributed by atoms with van der Waals surface area (Å²) in [6.45, 7) is 5.52. The van der Waals surface area contributed by atoms with E-state index >= 15 is 0 Å². The van der Waals surface area contributed by atoms with Gasteiger partial charge in [-0.1, -0.05) is 19.1 Å². The fourth-order valence-corrected chi connectivity index (χ4v) is 2.37. The molecule has 4 nitrogen and oxygen atoms in total. The Bertz CT molecular complexity index is 411.